The highest BCUT2D eigenvalue weighted by molar-refractivity contribution is 9.10. The van der Waals surface area contributed by atoms with Crippen molar-refractivity contribution in [1.82, 2.24) is 4.98 Å². The molecule has 0 saturated carbocycles. The second kappa shape index (κ2) is 6.12. The Hall–Kier alpha value is -1.45. The maximum absolute atomic E-state index is 12.5. The van der Waals surface area contributed by atoms with E-state index >= 15 is 0 Å². The third-order valence-electron chi connectivity index (χ3n) is 2.54. The smallest absolute Gasteiger partial charge is 0.349 e. The van der Waals surface area contributed by atoms with E-state index in [9.17, 15) is 13.2 Å². The zero-order valence-corrected chi connectivity index (χ0v) is 14.3. The number of carbonyl (C=O) groups excluding carboxylic acids is 1. The number of pyridine rings is 1. The van der Waals surface area contributed by atoms with Gasteiger partial charge in [0.05, 0.1) is 19.0 Å². The Morgan fingerprint density at radius 2 is 2.14 bits per heavy atom. The van der Waals surface area contributed by atoms with Crippen molar-refractivity contribution in [2.45, 2.75) is 11.8 Å². The van der Waals surface area contributed by atoms with E-state index in [0.717, 1.165) is 11.3 Å². The summed E-state index contributed by atoms with van der Waals surface area (Å²) in [5, 5.41) is 1.60. The molecule has 0 spiro atoms. The van der Waals surface area contributed by atoms with Gasteiger partial charge >= 0.3 is 5.97 Å². The molecule has 0 amide bonds. The molecule has 0 aromatic carbocycles. The molecule has 2 heterocycles. The molecular weight excluding hydrogens is 380 g/mol. The van der Waals surface area contributed by atoms with Crippen molar-refractivity contribution in [2.75, 3.05) is 11.8 Å². The number of anilines is 1. The largest absolute Gasteiger partial charge is 0.465 e. The number of halogens is 1. The summed E-state index contributed by atoms with van der Waals surface area (Å²) in [4.78, 5) is 15.6. The number of nitrogens with zero attached hydrogens (tertiary/aromatic N) is 1. The second-order valence-electron chi connectivity index (χ2n) is 4.04. The fourth-order valence-corrected chi connectivity index (χ4v) is 4.63. The molecule has 0 unspecified atom stereocenters. The number of nitrogens with one attached hydrogen (secondary N) is 1. The van der Waals surface area contributed by atoms with E-state index in [0.29, 0.717) is 15.9 Å². The molecule has 2 rings (SSSR count). The number of rotatable bonds is 4. The van der Waals surface area contributed by atoms with E-state index in [-0.39, 0.29) is 9.77 Å². The Balaban J connectivity index is 2.42. The van der Waals surface area contributed by atoms with E-state index < -0.39 is 16.0 Å². The fourth-order valence-electron chi connectivity index (χ4n) is 1.64. The van der Waals surface area contributed by atoms with Gasteiger partial charge in [0.1, 0.15) is 14.4 Å². The molecule has 0 aliphatic heterocycles. The van der Waals surface area contributed by atoms with Crippen LogP contribution in [-0.2, 0) is 14.8 Å². The van der Waals surface area contributed by atoms with E-state index in [1.54, 1.807) is 24.4 Å². The van der Waals surface area contributed by atoms with Gasteiger partial charge < -0.3 is 4.74 Å². The number of aryl methyl sites for hydroxylation is 1. The predicted octanol–water partition coefficient (Wildman–Crippen LogP) is 2.80. The molecule has 2 aromatic heterocycles. The predicted molar refractivity (Wildman–Crippen MR) is 83.1 cm³/mol. The summed E-state index contributed by atoms with van der Waals surface area (Å²) in [5.74, 6) is -0.678. The molecule has 0 fully saturated rings. The summed E-state index contributed by atoms with van der Waals surface area (Å²) in [6.45, 7) is 1.62. The highest BCUT2D eigenvalue weighted by Crippen LogP contribution is 2.29. The minimum Gasteiger partial charge on any atom is -0.465 e. The molecule has 1 N–H and O–H groups in total. The number of hydrogen-bond acceptors (Lipinski definition) is 6. The van der Waals surface area contributed by atoms with Gasteiger partial charge in [-0.25, -0.2) is 18.2 Å². The number of aromatic nitrogens is 1. The normalized spacial score (nSPS) is 11.2. The molecule has 112 valence electrons. The van der Waals surface area contributed by atoms with Crippen LogP contribution in [0, 0.1) is 6.92 Å². The van der Waals surface area contributed by atoms with Crippen LogP contribution in [0.1, 0.15) is 15.2 Å². The first-order valence-electron chi connectivity index (χ1n) is 5.66. The van der Waals surface area contributed by atoms with Crippen LogP contribution in [0.15, 0.2) is 33.2 Å². The first kappa shape index (κ1) is 15.9. The lowest BCUT2D eigenvalue weighted by Gasteiger charge is -2.09. The Kier molecular flexibility index (Phi) is 4.64. The highest BCUT2D eigenvalue weighted by Gasteiger charge is 2.27. The van der Waals surface area contributed by atoms with Crippen LogP contribution in [0.25, 0.3) is 0 Å². The maximum Gasteiger partial charge on any atom is 0.349 e. The number of methoxy groups -OCH3 is 1. The van der Waals surface area contributed by atoms with E-state index in [4.69, 9.17) is 0 Å². The van der Waals surface area contributed by atoms with Crippen molar-refractivity contribution in [1.29, 1.82) is 0 Å². The second-order valence-corrected chi connectivity index (χ2v) is 7.36. The van der Waals surface area contributed by atoms with Gasteiger partial charge in [-0.3, -0.25) is 4.72 Å². The average molecular weight is 391 g/mol. The number of thiophene rings is 1. The Bertz CT molecular complexity index is 769. The minimum absolute atomic E-state index is 0.0487. The summed E-state index contributed by atoms with van der Waals surface area (Å²) in [5.41, 5.74) is 0.789. The van der Waals surface area contributed by atoms with Gasteiger partial charge in [0.25, 0.3) is 10.0 Å². The summed E-state index contributed by atoms with van der Waals surface area (Å²) in [7, 11) is -2.69. The maximum atomic E-state index is 12.5. The third-order valence-corrected chi connectivity index (χ3v) is 5.78. The molecule has 21 heavy (non-hydrogen) atoms. The zero-order valence-electron chi connectivity index (χ0n) is 11.1. The molecule has 6 nitrogen and oxygen atoms in total. The lowest BCUT2D eigenvalue weighted by atomic mass is 10.3. The van der Waals surface area contributed by atoms with Crippen LogP contribution >= 0.6 is 27.3 Å². The van der Waals surface area contributed by atoms with Crippen molar-refractivity contribution in [3.05, 3.63) is 38.8 Å². The molecular formula is C12H11BrN2O4S2. The van der Waals surface area contributed by atoms with Crippen LogP contribution in [0.2, 0.25) is 0 Å². The molecule has 0 bridgehead atoms. The van der Waals surface area contributed by atoms with Crippen LogP contribution in [0.4, 0.5) is 5.69 Å². The van der Waals surface area contributed by atoms with Crippen molar-refractivity contribution in [3.63, 3.8) is 0 Å². The van der Waals surface area contributed by atoms with E-state index in [1.807, 2.05) is 0 Å². The molecule has 0 radical (unpaired) electrons. The molecule has 9 heteroatoms. The van der Waals surface area contributed by atoms with Gasteiger partial charge in [-0.2, -0.15) is 0 Å². The number of hydrogen-bond donors (Lipinski definition) is 1. The summed E-state index contributed by atoms with van der Waals surface area (Å²) in [6, 6.07) is 3.17. The quantitative estimate of drug-likeness (QED) is 0.640. The third kappa shape index (κ3) is 3.42. The topological polar surface area (TPSA) is 85.4 Å². The summed E-state index contributed by atoms with van der Waals surface area (Å²) < 4.78 is 32.5. The fraction of sp³-hybridized carbons (Fsp3) is 0.167. The van der Waals surface area contributed by atoms with Crippen molar-refractivity contribution < 1.29 is 17.9 Å². The molecule has 0 aliphatic carbocycles. The van der Waals surface area contributed by atoms with Gasteiger partial charge in [-0.05, 0) is 45.9 Å². The summed E-state index contributed by atoms with van der Waals surface area (Å²) >= 11 is 4.20. The molecule has 0 atom stereocenters. The Morgan fingerprint density at radius 3 is 2.71 bits per heavy atom. The number of ether oxygens (including phenoxy) is 1. The highest BCUT2D eigenvalue weighted by atomic mass is 79.9. The standard InChI is InChI=1S/C12H11BrN2O4S2/c1-7-6-20-10(12(16)19-2)11(7)21(17,18)15-8-3-4-9(13)14-5-8/h3-6,15H,1-2H3. The van der Waals surface area contributed by atoms with Crippen LogP contribution < -0.4 is 4.72 Å². The minimum atomic E-state index is -3.90. The Morgan fingerprint density at radius 1 is 1.43 bits per heavy atom. The molecule has 0 saturated heterocycles. The zero-order chi connectivity index (χ0) is 15.6. The Labute approximate surface area is 134 Å². The van der Waals surface area contributed by atoms with E-state index in [1.165, 1.54) is 13.3 Å². The first-order valence-corrected chi connectivity index (χ1v) is 8.81. The lowest BCUT2D eigenvalue weighted by Crippen LogP contribution is -2.17. The summed E-state index contributed by atoms with van der Waals surface area (Å²) in [6.07, 6.45) is 1.38. The van der Waals surface area contributed by atoms with Crippen LogP contribution in [-0.4, -0.2) is 26.5 Å². The van der Waals surface area contributed by atoms with Gasteiger partial charge in [0, 0.05) is 0 Å². The lowest BCUT2D eigenvalue weighted by molar-refractivity contribution is 0.0602. The van der Waals surface area contributed by atoms with Gasteiger partial charge in [0.15, 0.2) is 0 Å². The van der Waals surface area contributed by atoms with Gasteiger partial charge in [0.2, 0.25) is 0 Å². The van der Waals surface area contributed by atoms with E-state index in [2.05, 4.69) is 30.4 Å². The van der Waals surface area contributed by atoms with Crippen molar-refractivity contribution in [2.24, 2.45) is 0 Å². The van der Waals surface area contributed by atoms with Crippen LogP contribution in [0.5, 0.6) is 0 Å². The van der Waals surface area contributed by atoms with Gasteiger partial charge in [-0.1, -0.05) is 0 Å². The number of sulfonamides is 1. The van der Waals surface area contributed by atoms with Crippen LogP contribution in [0.3, 0.4) is 0 Å². The SMILES string of the molecule is COC(=O)c1scc(C)c1S(=O)(=O)Nc1ccc(Br)nc1. The monoisotopic (exact) mass is 390 g/mol. The van der Waals surface area contributed by atoms with Crippen molar-refractivity contribution in [3.8, 4) is 0 Å². The molecule has 2 aromatic rings. The van der Waals surface area contributed by atoms with Crippen molar-refractivity contribution >= 4 is 48.9 Å². The number of carbonyl (C=O) groups is 1. The number of esters is 1. The van der Waals surface area contributed by atoms with Gasteiger partial charge in [-0.15, -0.1) is 11.3 Å². The molecule has 0 aliphatic rings. The average Bonchev–Trinajstić information content (AvgIpc) is 2.83. The first-order chi connectivity index (χ1) is 9.85.